The zero-order chi connectivity index (χ0) is 20.6. The van der Waals surface area contributed by atoms with Gasteiger partial charge >= 0.3 is 0 Å². The van der Waals surface area contributed by atoms with Crippen molar-refractivity contribution in [3.05, 3.63) is 34.3 Å². The van der Waals surface area contributed by atoms with E-state index in [-0.39, 0.29) is 24.0 Å². The van der Waals surface area contributed by atoms with Crippen molar-refractivity contribution >= 4 is 47.0 Å². The molecular formula is C22H31IN4O3S. The summed E-state index contributed by atoms with van der Waals surface area (Å²) in [5, 5.41) is 6.81. The highest BCUT2D eigenvalue weighted by Crippen LogP contribution is 2.32. The fourth-order valence-electron chi connectivity index (χ4n) is 3.06. The van der Waals surface area contributed by atoms with Crippen LogP contribution in [0.15, 0.2) is 28.7 Å². The van der Waals surface area contributed by atoms with E-state index in [2.05, 4.69) is 15.6 Å². The molecule has 2 aromatic rings. The van der Waals surface area contributed by atoms with E-state index in [0.717, 1.165) is 67.4 Å². The lowest BCUT2D eigenvalue weighted by Gasteiger charge is -2.14. The summed E-state index contributed by atoms with van der Waals surface area (Å²) >= 11 is 1.63. The van der Waals surface area contributed by atoms with Gasteiger partial charge in [-0.1, -0.05) is 0 Å². The molecule has 1 fully saturated rings. The number of nitrogens with one attached hydrogen (secondary N) is 2. The Morgan fingerprint density at radius 2 is 2.10 bits per heavy atom. The highest BCUT2D eigenvalue weighted by Gasteiger charge is 2.20. The number of anilines is 1. The number of hydrogen-bond acceptors (Lipinski definition) is 6. The molecule has 0 spiro atoms. The van der Waals surface area contributed by atoms with Crippen LogP contribution in [-0.4, -0.2) is 43.9 Å². The van der Waals surface area contributed by atoms with Crippen molar-refractivity contribution in [1.82, 2.24) is 10.3 Å². The van der Waals surface area contributed by atoms with E-state index in [1.807, 2.05) is 30.6 Å². The van der Waals surface area contributed by atoms with Gasteiger partial charge in [-0.3, -0.25) is 0 Å². The van der Waals surface area contributed by atoms with Gasteiger partial charge in [-0.2, -0.15) is 0 Å². The minimum absolute atomic E-state index is 0. The summed E-state index contributed by atoms with van der Waals surface area (Å²) in [4.78, 5) is 10.2. The van der Waals surface area contributed by atoms with Crippen LogP contribution in [0.2, 0.25) is 0 Å². The van der Waals surface area contributed by atoms with Crippen LogP contribution in [-0.2, 0) is 11.3 Å². The van der Waals surface area contributed by atoms with Crippen molar-refractivity contribution in [2.45, 2.75) is 39.2 Å². The summed E-state index contributed by atoms with van der Waals surface area (Å²) in [5.41, 5.74) is 3.81. The van der Waals surface area contributed by atoms with Gasteiger partial charge in [-0.15, -0.1) is 35.3 Å². The van der Waals surface area contributed by atoms with Crippen LogP contribution in [0.3, 0.4) is 0 Å². The van der Waals surface area contributed by atoms with Gasteiger partial charge in [0.15, 0.2) is 17.5 Å². The van der Waals surface area contributed by atoms with E-state index in [9.17, 15) is 0 Å². The van der Waals surface area contributed by atoms with E-state index in [1.54, 1.807) is 11.3 Å². The fourth-order valence-corrected chi connectivity index (χ4v) is 3.76. The van der Waals surface area contributed by atoms with Crippen LogP contribution < -0.4 is 20.1 Å². The quantitative estimate of drug-likeness (QED) is 0.203. The van der Waals surface area contributed by atoms with E-state index >= 15 is 0 Å². The highest BCUT2D eigenvalue weighted by molar-refractivity contribution is 14.0. The van der Waals surface area contributed by atoms with Crippen molar-refractivity contribution in [2.24, 2.45) is 10.9 Å². The molecule has 1 aliphatic carbocycles. The van der Waals surface area contributed by atoms with E-state index in [0.29, 0.717) is 19.8 Å². The number of thiazole rings is 1. The van der Waals surface area contributed by atoms with Gasteiger partial charge in [0.05, 0.1) is 31.0 Å². The number of halogens is 1. The van der Waals surface area contributed by atoms with Gasteiger partial charge < -0.3 is 24.8 Å². The minimum Gasteiger partial charge on any atom is -0.490 e. The second-order valence-corrected chi connectivity index (χ2v) is 8.60. The summed E-state index contributed by atoms with van der Waals surface area (Å²) in [6, 6.07) is 5.90. The lowest BCUT2D eigenvalue weighted by molar-refractivity contribution is 0.123. The summed E-state index contributed by atoms with van der Waals surface area (Å²) in [6.45, 7) is 6.43. The standard InChI is InChI=1S/C22H30N4O3S.HI/c1-16-21(30-15-25-16)13-24-22(23-8-2-9-27-14-17-4-5-17)26-18-6-7-19-20(12-18)29-11-3-10-28-19;/h6-7,12,15,17H,2-5,8-11,13-14H2,1H3,(H2,23,24,26);1H. The van der Waals surface area contributed by atoms with Crippen molar-refractivity contribution in [3.8, 4) is 11.5 Å². The topological polar surface area (TPSA) is 77.0 Å². The molecule has 0 atom stereocenters. The molecule has 0 bridgehead atoms. The van der Waals surface area contributed by atoms with Crippen molar-refractivity contribution in [1.29, 1.82) is 0 Å². The first kappa shape index (κ1) is 24.1. The molecule has 31 heavy (non-hydrogen) atoms. The third-order valence-electron chi connectivity index (χ3n) is 5.04. The van der Waals surface area contributed by atoms with Crippen LogP contribution >= 0.6 is 35.3 Å². The predicted octanol–water partition coefficient (Wildman–Crippen LogP) is 4.61. The van der Waals surface area contributed by atoms with E-state index in [4.69, 9.17) is 19.2 Å². The van der Waals surface area contributed by atoms with E-state index < -0.39 is 0 Å². The molecule has 2 N–H and O–H groups in total. The van der Waals surface area contributed by atoms with Crippen LogP contribution in [0.1, 0.15) is 36.3 Å². The van der Waals surface area contributed by atoms with Crippen LogP contribution in [0.5, 0.6) is 11.5 Å². The van der Waals surface area contributed by atoms with Gasteiger partial charge in [-0.25, -0.2) is 9.98 Å². The molecule has 0 unspecified atom stereocenters. The molecule has 2 aliphatic rings. The number of aromatic nitrogens is 1. The Morgan fingerprint density at radius 1 is 1.26 bits per heavy atom. The Balaban J connectivity index is 0.00000272. The van der Waals surface area contributed by atoms with E-state index in [1.165, 1.54) is 17.7 Å². The summed E-state index contributed by atoms with van der Waals surface area (Å²) in [5.74, 6) is 3.10. The molecule has 2 heterocycles. The van der Waals surface area contributed by atoms with Gasteiger partial charge in [-0.05, 0) is 44.2 Å². The first-order valence-electron chi connectivity index (χ1n) is 10.7. The second kappa shape index (κ2) is 12.4. The Labute approximate surface area is 205 Å². The molecule has 0 amide bonds. The summed E-state index contributed by atoms with van der Waals surface area (Å²) < 4.78 is 17.3. The fraction of sp³-hybridized carbons (Fsp3) is 0.545. The van der Waals surface area contributed by atoms with Gasteiger partial charge in [0.2, 0.25) is 0 Å². The third kappa shape index (κ3) is 7.80. The lowest BCUT2D eigenvalue weighted by Crippen LogP contribution is -2.32. The smallest absolute Gasteiger partial charge is 0.196 e. The average molecular weight is 558 g/mol. The number of aliphatic imine (C=N–C) groups is 1. The Kier molecular flexibility index (Phi) is 9.66. The monoisotopic (exact) mass is 558 g/mol. The Morgan fingerprint density at radius 3 is 2.87 bits per heavy atom. The molecule has 170 valence electrons. The second-order valence-electron chi connectivity index (χ2n) is 7.66. The zero-order valence-corrected chi connectivity index (χ0v) is 21.0. The number of hydrogen-bond donors (Lipinski definition) is 2. The van der Waals surface area contributed by atoms with Crippen LogP contribution in [0.4, 0.5) is 5.69 Å². The maximum Gasteiger partial charge on any atom is 0.196 e. The van der Waals surface area contributed by atoms with Crippen LogP contribution in [0.25, 0.3) is 0 Å². The number of guanidine groups is 1. The Bertz CT molecular complexity index is 857. The number of ether oxygens (including phenoxy) is 3. The maximum atomic E-state index is 5.81. The number of rotatable bonds is 9. The molecule has 4 rings (SSSR count). The SMILES string of the molecule is Cc1ncsc1CN=C(NCCCOCC1CC1)Nc1ccc2c(c1)OCCCO2.I. The highest BCUT2D eigenvalue weighted by atomic mass is 127. The van der Waals surface area contributed by atoms with Gasteiger partial charge in [0.1, 0.15) is 0 Å². The van der Waals surface area contributed by atoms with Gasteiger partial charge in [0, 0.05) is 42.8 Å². The Hall–Kier alpha value is -1.59. The third-order valence-corrected chi connectivity index (χ3v) is 5.96. The first-order chi connectivity index (χ1) is 14.8. The predicted molar refractivity (Wildman–Crippen MR) is 135 cm³/mol. The molecule has 9 heteroatoms. The summed E-state index contributed by atoms with van der Waals surface area (Å²) in [7, 11) is 0. The normalized spacial score (nSPS) is 15.7. The molecular weight excluding hydrogens is 527 g/mol. The zero-order valence-electron chi connectivity index (χ0n) is 17.9. The molecule has 0 saturated heterocycles. The van der Waals surface area contributed by atoms with Crippen molar-refractivity contribution in [3.63, 3.8) is 0 Å². The maximum absolute atomic E-state index is 5.81. The number of fused-ring (bicyclic) bond motifs is 1. The molecule has 1 aromatic carbocycles. The van der Waals surface area contributed by atoms with Gasteiger partial charge in [0.25, 0.3) is 0 Å². The number of benzene rings is 1. The minimum atomic E-state index is 0. The summed E-state index contributed by atoms with van der Waals surface area (Å²) in [6.07, 6.45) is 4.48. The molecule has 7 nitrogen and oxygen atoms in total. The molecule has 1 aromatic heterocycles. The molecule has 0 radical (unpaired) electrons. The van der Waals surface area contributed by atoms with Crippen molar-refractivity contribution < 1.29 is 14.2 Å². The average Bonchev–Trinajstić information content (AvgIpc) is 3.53. The first-order valence-corrected chi connectivity index (χ1v) is 11.6. The number of aryl methyl sites for hydroxylation is 1. The number of nitrogens with zero attached hydrogens (tertiary/aromatic N) is 2. The molecule has 1 aliphatic heterocycles. The van der Waals surface area contributed by atoms with Crippen molar-refractivity contribution in [2.75, 3.05) is 38.3 Å². The largest absolute Gasteiger partial charge is 0.490 e. The van der Waals surface area contributed by atoms with Crippen LogP contribution in [0, 0.1) is 12.8 Å². The molecule has 1 saturated carbocycles. The lowest BCUT2D eigenvalue weighted by atomic mass is 10.2.